The molecule has 0 saturated carbocycles. The molecule has 16 heavy (non-hydrogen) atoms. The Kier molecular flexibility index (Phi) is 3.15. The van der Waals surface area contributed by atoms with Crippen LogP contribution in [0.4, 0.5) is 4.39 Å². The van der Waals surface area contributed by atoms with Crippen LogP contribution < -0.4 is 5.32 Å². The van der Waals surface area contributed by atoms with Crippen molar-refractivity contribution in [2.75, 3.05) is 18.8 Å². The predicted octanol–water partition coefficient (Wildman–Crippen LogP) is -0.00110. The van der Waals surface area contributed by atoms with Gasteiger partial charge in [-0.15, -0.1) is 0 Å². The molecule has 1 aromatic heterocycles. The lowest BCUT2D eigenvalue weighted by Crippen LogP contribution is -2.20. The highest BCUT2D eigenvalue weighted by molar-refractivity contribution is 7.91. The Bertz CT molecular complexity index is 454. The Hall–Kier alpha value is -1.08. The number of hydrogen-bond donors (Lipinski definition) is 1. The summed E-state index contributed by atoms with van der Waals surface area (Å²) in [5.74, 6) is -0.522. The van der Waals surface area contributed by atoms with Crippen molar-refractivity contribution in [3.8, 4) is 0 Å². The van der Waals surface area contributed by atoms with Crippen LogP contribution in [0.15, 0.2) is 17.6 Å². The summed E-state index contributed by atoms with van der Waals surface area (Å²) in [7, 11) is -3.49. The summed E-state index contributed by atoms with van der Waals surface area (Å²) in [5, 5.41) is 2.80. The molecule has 7 heteroatoms. The molecule has 0 radical (unpaired) electrons. The third-order valence-electron chi connectivity index (χ3n) is 2.49. The van der Waals surface area contributed by atoms with Crippen molar-refractivity contribution in [3.05, 3.63) is 18.2 Å². The molecule has 0 bridgehead atoms. The molecule has 88 valence electrons. The first kappa shape index (κ1) is 11.4. The second-order valence-electron chi connectivity index (χ2n) is 3.82. The SMILES string of the molecule is O=S(=O)(CC1CCNC1)c1ncc(F)cn1. The molecule has 1 unspecified atom stereocenters. The summed E-state index contributed by atoms with van der Waals surface area (Å²) in [6, 6.07) is 0. The van der Waals surface area contributed by atoms with Crippen molar-refractivity contribution >= 4 is 9.84 Å². The number of sulfone groups is 1. The highest BCUT2D eigenvalue weighted by Gasteiger charge is 2.25. The van der Waals surface area contributed by atoms with Gasteiger partial charge >= 0.3 is 0 Å². The zero-order chi connectivity index (χ0) is 11.6. The van der Waals surface area contributed by atoms with Crippen LogP contribution in [0.2, 0.25) is 0 Å². The summed E-state index contributed by atoms with van der Waals surface area (Å²) in [5.41, 5.74) is 0. The van der Waals surface area contributed by atoms with Gasteiger partial charge in [0.2, 0.25) is 15.0 Å². The van der Waals surface area contributed by atoms with Crippen LogP contribution in [0.25, 0.3) is 0 Å². The second-order valence-corrected chi connectivity index (χ2v) is 5.75. The summed E-state index contributed by atoms with van der Waals surface area (Å²) in [6.45, 7) is 1.53. The monoisotopic (exact) mass is 245 g/mol. The quantitative estimate of drug-likeness (QED) is 0.759. The standard InChI is InChI=1S/C9H12FN3O2S/c10-8-4-12-9(13-5-8)16(14,15)6-7-1-2-11-3-7/h4-5,7,11H,1-3,6H2. The lowest BCUT2D eigenvalue weighted by Gasteiger charge is -2.07. The van der Waals surface area contributed by atoms with Crippen LogP contribution in [-0.4, -0.2) is 37.2 Å². The molecule has 2 rings (SSSR count). The van der Waals surface area contributed by atoms with Crippen molar-refractivity contribution in [3.63, 3.8) is 0 Å². The van der Waals surface area contributed by atoms with Crippen LogP contribution in [0.5, 0.6) is 0 Å². The first-order valence-corrected chi connectivity index (χ1v) is 6.64. The molecule has 5 nitrogen and oxygen atoms in total. The van der Waals surface area contributed by atoms with Crippen LogP contribution in [0.3, 0.4) is 0 Å². The van der Waals surface area contributed by atoms with E-state index in [1.807, 2.05) is 0 Å². The van der Waals surface area contributed by atoms with Gasteiger partial charge in [-0.05, 0) is 25.4 Å². The molecule has 1 fully saturated rings. The number of nitrogens with zero attached hydrogens (tertiary/aromatic N) is 2. The van der Waals surface area contributed by atoms with Gasteiger partial charge in [0.1, 0.15) is 0 Å². The van der Waals surface area contributed by atoms with Crippen LogP contribution in [0.1, 0.15) is 6.42 Å². The first-order valence-electron chi connectivity index (χ1n) is 4.99. The molecule has 2 heterocycles. The summed E-state index contributed by atoms with van der Waals surface area (Å²) < 4.78 is 36.2. The van der Waals surface area contributed by atoms with Gasteiger partial charge in [0, 0.05) is 0 Å². The topological polar surface area (TPSA) is 72.0 Å². The zero-order valence-corrected chi connectivity index (χ0v) is 9.37. The van der Waals surface area contributed by atoms with E-state index < -0.39 is 15.7 Å². The average Bonchev–Trinajstić information content (AvgIpc) is 2.70. The van der Waals surface area contributed by atoms with Gasteiger partial charge in [0.25, 0.3) is 0 Å². The Morgan fingerprint density at radius 3 is 2.69 bits per heavy atom. The van der Waals surface area contributed by atoms with E-state index in [0.717, 1.165) is 25.4 Å². The number of aromatic nitrogens is 2. The van der Waals surface area contributed by atoms with Crippen molar-refractivity contribution < 1.29 is 12.8 Å². The van der Waals surface area contributed by atoms with Gasteiger partial charge in [-0.2, -0.15) is 0 Å². The molecule has 1 aliphatic heterocycles. The Balaban J connectivity index is 2.14. The minimum Gasteiger partial charge on any atom is -0.316 e. The number of halogens is 1. The van der Waals surface area contributed by atoms with Crippen molar-refractivity contribution in [2.24, 2.45) is 5.92 Å². The van der Waals surface area contributed by atoms with E-state index in [1.165, 1.54) is 0 Å². The minimum absolute atomic E-state index is 0.0195. The van der Waals surface area contributed by atoms with Gasteiger partial charge < -0.3 is 5.32 Å². The van der Waals surface area contributed by atoms with E-state index in [4.69, 9.17) is 0 Å². The lowest BCUT2D eigenvalue weighted by molar-refractivity contribution is 0.557. The molecular formula is C9H12FN3O2S. The molecule has 1 saturated heterocycles. The minimum atomic E-state index is -3.49. The van der Waals surface area contributed by atoms with Gasteiger partial charge in [-0.1, -0.05) is 0 Å². The predicted molar refractivity (Wildman–Crippen MR) is 55.0 cm³/mol. The van der Waals surface area contributed by atoms with E-state index in [1.54, 1.807) is 0 Å². The van der Waals surface area contributed by atoms with Gasteiger partial charge in [-0.3, -0.25) is 0 Å². The van der Waals surface area contributed by atoms with E-state index in [2.05, 4.69) is 15.3 Å². The molecule has 0 aromatic carbocycles. The normalized spacial score (nSPS) is 21.2. The lowest BCUT2D eigenvalue weighted by atomic mass is 10.2. The largest absolute Gasteiger partial charge is 0.316 e. The van der Waals surface area contributed by atoms with E-state index in [-0.39, 0.29) is 16.8 Å². The summed E-state index contributed by atoms with van der Waals surface area (Å²) >= 11 is 0. The molecule has 0 amide bonds. The Morgan fingerprint density at radius 1 is 1.44 bits per heavy atom. The van der Waals surface area contributed by atoms with Crippen molar-refractivity contribution in [2.45, 2.75) is 11.6 Å². The number of rotatable bonds is 3. The van der Waals surface area contributed by atoms with Crippen molar-refractivity contribution in [1.82, 2.24) is 15.3 Å². The highest BCUT2D eigenvalue weighted by Crippen LogP contribution is 2.14. The van der Waals surface area contributed by atoms with Crippen LogP contribution in [0, 0.1) is 11.7 Å². The fraction of sp³-hybridized carbons (Fsp3) is 0.556. The maximum Gasteiger partial charge on any atom is 0.247 e. The van der Waals surface area contributed by atoms with E-state index in [0.29, 0.717) is 6.54 Å². The molecule has 1 aliphatic rings. The summed E-state index contributed by atoms with van der Waals surface area (Å²) in [4.78, 5) is 7.00. The molecule has 1 aromatic rings. The number of hydrogen-bond acceptors (Lipinski definition) is 5. The van der Waals surface area contributed by atoms with E-state index >= 15 is 0 Å². The second kappa shape index (κ2) is 4.42. The van der Waals surface area contributed by atoms with Crippen LogP contribution in [-0.2, 0) is 9.84 Å². The number of nitrogens with one attached hydrogen (secondary N) is 1. The maximum absolute atomic E-state index is 12.5. The average molecular weight is 245 g/mol. The molecule has 1 atom stereocenters. The fourth-order valence-electron chi connectivity index (χ4n) is 1.70. The molecule has 0 spiro atoms. The smallest absolute Gasteiger partial charge is 0.247 e. The van der Waals surface area contributed by atoms with Crippen molar-refractivity contribution in [1.29, 1.82) is 0 Å². The first-order chi connectivity index (χ1) is 7.58. The maximum atomic E-state index is 12.5. The van der Waals surface area contributed by atoms with Gasteiger partial charge in [0.15, 0.2) is 5.82 Å². The molecule has 1 N–H and O–H groups in total. The molecule has 0 aliphatic carbocycles. The Labute approximate surface area is 93.0 Å². The third kappa shape index (κ3) is 2.53. The molecular weight excluding hydrogens is 233 g/mol. The van der Waals surface area contributed by atoms with E-state index in [9.17, 15) is 12.8 Å². The Morgan fingerprint density at radius 2 is 2.12 bits per heavy atom. The van der Waals surface area contributed by atoms with Gasteiger partial charge in [0.05, 0.1) is 18.1 Å². The summed E-state index contributed by atoms with van der Waals surface area (Å²) in [6.07, 6.45) is 2.57. The zero-order valence-electron chi connectivity index (χ0n) is 8.56. The highest BCUT2D eigenvalue weighted by atomic mass is 32.2. The fourth-order valence-corrected chi connectivity index (χ4v) is 3.18. The van der Waals surface area contributed by atoms with Gasteiger partial charge in [-0.25, -0.2) is 22.8 Å². The van der Waals surface area contributed by atoms with Crippen LogP contribution >= 0.6 is 0 Å². The third-order valence-corrected chi connectivity index (χ3v) is 4.17.